The van der Waals surface area contributed by atoms with Gasteiger partial charge in [0.15, 0.2) is 11.5 Å². The Morgan fingerprint density at radius 3 is 1.30 bits per heavy atom. The molecule has 0 bridgehead atoms. The predicted octanol–water partition coefficient (Wildman–Crippen LogP) is 6.45. The maximum Gasteiger partial charge on any atom is 0.151 e. The van der Waals surface area contributed by atoms with E-state index >= 15 is 0 Å². The van der Waals surface area contributed by atoms with Crippen molar-refractivity contribution in [3.05, 3.63) is 113 Å². The number of hydrogen-bond donors (Lipinski definition) is 0. The Hall–Kier alpha value is -3.26. The lowest BCUT2D eigenvalue weighted by molar-refractivity contribution is 0.462. The Morgan fingerprint density at radius 1 is 0.519 bits per heavy atom. The van der Waals surface area contributed by atoms with Gasteiger partial charge in [-0.2, -0.15) is 0 Å². The fourth-order valence-corrected chi connectivity index (χ4v) is 3.03. The summed E-state index contributed by atoms with van der Waals surface area (Å²) < 4.78 is 6.29. The highest BCUT2D eigenvalue weighted by molar-refractivity contribution is 5.77. The van der Waals surface area contributed by atoms with E-state index in [0.717, 1.165) is 28.3 Å². The Labute approximate surface area is 161 Å². The molecule has 3 aromatic rings. The van der Waals surface area contributed by atoms with Gasteiger partial charge in [0.2, 0.25) is 0 Å². The molecule has 1 aliphatic heterocycles. The summed E-state index contributed by atoms with van der Waals surface area (Å²) in [5.41, 5.74) is 6.96. The van der Waals surface area contributed by atoms with Crippen LogP contribution in [-0.2, 0) is 4.74 Å². The van der Waals surface area contributed by atoms with Gasteiger partial charge in [-0.25, -0.2) is 0 Å². The molecule has 0 aromatic heterocycles. The molecule has 0 saturated heterocycles. The van der Waals surface area contributed by atoms with Gasteiger partial charge in [0.25, 0.3) is 0 Å². The van der Waals surface area contributed by atoms with Crippen LogP contribution in [0.25, 0.3) is 11.5 Å². The van der Waals surface area contributed by atoms with Crippen molar-refractivity contribution in [1.29, 1.82) is 0 Å². The Bertz CT molecular complexity index is 932. The van der Waals surface area contributed by atoms with Crippen LogP contribution in [0.15, 0.2) is 85.2 Å². The first kappa shape index (κ1) is 17.2. The fourth-order valence-electron chi connectivity index (χ4n) is 3.03. The summed E-state index contributed by atoms with van der Waals surface area (Å²) in [5.74, 6) is 1.68. The number of rotatable bonds is 3. The highest BCUT2D eigenvalue weighted by Crippen LogP contribution is 2.33. The zero-order valence-electron chi connectivity index (χ0n) is 15.9. The van der Waals surface area contributed by atoms with Gasteiger partial charge in [0, 0.05) is 16.8 Å². The van der Waals surface area contributed by atoms with E-state index in [2.05, 4.69) is 98.5 Å². The van der Waals surface area contributed by atoms with Gasteiger partial charge in [-0.1, -0.05) is 77.4 Å². The van der Waals surface area contributed by atoms with Crippen molar-refractivity contribution in [2.24, 2.45) is 0 Å². The quantitative estimate of drug-likeness (QED) is 0.537. The molecule has 3 aromatic carbocycles. The zero-order chi connectivity index (χ0) is 18.8. The van der Waals surface area contributed by atoms with E-state index in [9.17, 15) is 0 Å². The summed E-state index contributed by atoms with van der Waals surface area (Å²) in [6, 6.07) is 25.4. The van der Waals surface area contributed by atoms with Gasteiger partial charge in [-0.05, 0) is 32.9 Å². The summed E-state index contributed by atoms with van der Waals surface area (Å²) in [7, 11) is 0. The van der Waals surface area contributed by atoms with Crippen molar-refractivity contribution in [2.45, 2.75) is 20.8 Å². The van der Waals surface area contributed by atoms with E-state index in [1.807, 2.05) is 12.4 Å². The fraction of sp³-hybridized carbons (Fsp3) is 0.120. The van der Waals surface area contributed by atoms with Crippen molar-refractivity contribution in [2.75, 3.05) is 4.90 Å². The van der Waals surface area contributed by atoms with E-state index in [-0.39, 0.29) is 0 Å². The maximum absolute atomic E-state index is 6.29. The Kier molecular flexibility index (Phi) is 4.55. The molecule has 0 radical (unpaired) electrons. The predicted molar refractivity (Wildman–Crippen MR) is 113 cm³/mol. The third-order valence-corrected chi connectivity index (χ3v) is 4.74. The first-order valence-electron chi connectivity index (χ1n) is 9.19. The molecule has 0 amide bonds. The average Bonchev–Trinajstić information content (AvgIpc) is 2.69. The molecular formula is C25H23NO. The van der Waals surface area contributed by atoms with Crippen molar-refractivity contribution >= 4 is 17.2 Å². The van der Waals surface area contributed by atoms with Crippen LogP contribution in [0.2, 0.25) is 0 Å². The second-order valence-electron chi connectivity index (χ2n) is 7.06. The summed E-state index contributed by atoms with van der Waals surface area (Å²) in [5, 5.41) is 0. The largest absolute Gasteiger partial charge is 0.453 e. The average molecular weight is 353 g/mol. The van der Waals surface area contributed by atoms with Crippen molar-refractivity contribution in [1.82, 2.24) is 0 Å². The van der Waals surface area contributed by atoms with Gasteiger partial charge >= 0.3 is 0 Å². The molecule has 134 valence electrons. The lowest BCUT2D eigenvalue weighted by atomic mass is 10.1. The summed E-state index contributed by atoms with van der Waals surface area (Å²) in [4.78, 5) is 2.13. The standard InChI is InChI=1S/C25H23NO/c1-18-4-10-21(11-5-18)24-16-26(23-14-8-20(3)9-15-23)17-25(27-24)22-12-6-19(2)7-13-22/h4-17H,1-3H3. The van der Waals surface area contributed by atoms with Crippen molar-refractivity contribution < 1.29 is 4.74 Å². The number of benzene rings is 3. The number of nitrogens with zero attached hydrogens (tertiary/aromatic N) is 1. The van der Waals surface area contributed by atoms with E-state index in [4.69, 9.17) is 4.74 Å². The van der Waals surface area contributed by atoms with E-state index in [0.29, 0.717) is 0 Å². The first-order valence-corrected chi connectivity index (χ1v) is 9.19. The molecular weight excluding hydrogens is 330 g/mol. The van der Waals surface area contributed by atoms with Crippen LogP contribution >= 0.6 is 0 Å². The molecule has 0 N–H and O–H groups in total. The minimum Gasteiger partial charge on any atom is -0.453 e. The Morgan fingerprint density at radius 2 is 0.889 bits per heavy atom. The highest BCUT2D eigenvalue weighted by Gasteiger charge is 2.18. The lowest BCUT2D eigenvalue weighted by Gasteiger charge is -2.26. The minimum atomic E-state index is 0.841. The smallest absolute Gasteiger partial charge is 0.151 e. The molecule has 27 heavy (non-hydrogen) atoms. The first-order chi connectivity index (χ1) is 13.1. The van der Waals surface area contributed by atoms with Gasteiger partial charge in [0.1, 0.15) is 0 Å². The number of anilines is 1. The summed E-state index contributed by atoms with van der Waals surface area (Å²) >= 11 is 0. The SMILES string of the molecule is Cc1ccc(C2=CN(c3ccc(C)cc3)C=C(c3ccc(C)cc3)O2)cc1. The van der Waals surface area contributed by atoms with Crippen LogP contribution in [-0.4, -0.2) is 0 Å². The molecule has 0 aliphatic carbocycles. The second kappa shape index (κ2) is 7.16. The molecule has 0 spiro atoms. The van der Waals surface area contributed by atoms with Crippen LogP contribution in [0.3, 0.4) is 0 Å². The Balaban J connectivity index is 1.76. The maximum atomic E-state index is 6.29. The summed E-state index contributed by atoms with van der Waals surface area (Å²) in [6.45, 7) is 6.29. The number of ether oxygens (including phenoxy) is 1. The number of aryl methyl sites for hydroxylation is 3. The van der Waals surface area contributed by atoms with E-state index in [1.54, 1.807) is 0 Å². The zero-order valence-corrected chi connectivity index (χ0v) is 15.9. The van der Waals surface area contributed by atoms with Crippen LogP contribution in [0, 0.1) is 20.8 Å². The van der Waals surface area contributed by atoms with Crippen LogP contribution in [0.1, 0.15) is 27.8 Å². The van der Waals surface area contributed by atoms with E-state index < -0.39 is 0 Å². The van der Waals surface area contributed by atoms with Crippen LogP contribution in [0.4, 0.5) is 5.69 Å². The minimum absolute atomic E-state index is 0.841. The second-order valence-corrected chi connectivity index (χ2v) is 7.06. The molecule has 0 saturated carbocycles. The van der Waals surface area contributed by atoms with Gasteiger partial charge < -0.3 is 9.64 Å². The molecule has 4 rings (SSSR count). The molecule has 2 nitrogen and oxygen atoms in total. The summed E-state index contributed by atoms with van der Waals surface area (Å²) in [6.07, 6.45) is 4.10. The van der Waals surface area contributed by atoms with Gasteiger partial charge in [0.05, 0.1) is 12.4 Å². The molecule has 0 unspecified atom stereocenters. The third-order valence-electron chi connectivity index (χ3n) is 4.74. The van der Waals surface area contributed by atoms with Crippen molar-refractivity contribution in [3.63, 3.8) is 0 Å². The molecule has 2 heteroatoms. The lowest BCUT2D eigenvalue weighted by Crippen LogP contribution is -2.15. The normalized spacial score (nSPS) is 13.7. The topological polar surface area (TPSA) is 12.5 Å². The van der Waals surface area contributed by atoms with E-state index in [1.165, 1.54) is 16.7 Å². The van der Waals surface area contributed by atoms with Gasteiger partial charge in [-0.15, -0.1) is 0 Å². The monoisotopic (exact) mass is 353 g/mol. The van der Waals surface area contributed by atoms with Crippen LogP contribution in [0.5, 0.6) is 0 Å². The van der Waals surface area contributed by atoms with Crippen molar-refractivity contribution in [3.8, 4) is 0 Å². The van der Waals surface area contributed by atoms with Crippen LogP contribution < -0.4 is 4.90 Å². The molecule has 0 fully saturated rings. The highest BCUT2D eigenvalue weighted by atomic mass is 16.5. The third kappa shape index (κ3) is 3.80. The van der Waals surface area contributed by atoms with Gasteiger partial charge in [-0.3, -0.25) is 0 Å². The molecule has 1 aliphatic rings. The number of hydrogen-bond acceptors (Lipinski definition) is 2. The molecule has 0 atom stereocenters. The molecule has 1 heterocycles.